The summed E-state index contributed by atoms with van der Waals surface area (Å²) in [6, 6.07) is 28.1. The Morgan fingerprint density at radius 3 is 1.80 bits per heavy atom. The van der Waals surface area contributed by atoms with Crippen LogP contribution in [0.3, 0.4) is 0 Å². The van der Waals surface area contributed by atoms with Crippen LogP contribution >= 0.6 is 0 Å². The molecule has 0 radical (unpaired) electrons. The summed E-state index contributed by atoms with van der Waals surface area (Å²) < 4.78 is 0. The standard InChI is InChI=1S/C33H42N4O3/c1-24(31(34)39)15-20-30(38)35-29(32(40)36-33(2,3)4)21-25-16-18-28(19-17-25)37(22-26-11-7-5-8-12-26)23-27-13-9-6-10-14-27/h5-14,16-19,24,29H,15,20-23H2,1-4H3,(H2,34,39)(H,35,38)(H,36,40). The number of primary amides is 1. The summed E-state index contributed by atoms with van der Waals surface area (Å²) in [6.07, 6.45) is 0.801. The SMILES string of the molecule is CC(CCC(=O)NC(Cc1ccc(N(Cc2ccccc2)Cc2ccccc2)cc1)C(=O)NC(C)(C)C)C(N)=O. The Bertz CT molecular complexity index is 1200. The van der Waals surface area contributed by atoms with Crippen molar-refractivity contribution < 1.29 is 14.4 Å². The Kier molecular flexibility index (Phi) is 10.9. The fourth-order valence-electron chi connectivity index (χ4n) is 4.35. The van der Waals surface area contributed by atoms with Gasteiger partial charge in [-0.3, -0.25) is 14.4 Å². The Morgan fingerprint density at radius 2 is 1.32 bits per heavy atom. The van der Waals surface area contributed by atoms with Crippen molar-refractivity contribution >= 4 is 23.4 Å². The van der Waals surface area contributed by atoms with Gasteiger partial charge in [0.15, 0.2) is 0 Å². The number of nitrogens with zero attached hydrogens (tertiary/aromatic N) is 1. The second kappa shape index (κ2) is 14.3. The maximum Gasteiger partial charge on any atom is 0.243 e. The van der Waals surface area contributed by atoms with Gasteiger partial charge in [-0.25, -0.2) is 0 Å². The van der Waals surface area contributed by atoms with Crippen LogP contribution < -0.4 is 21.3 Å². The maximum atomic E-state index is 13.1. The molecule has 40 heavy (non-hydrogen) atoms. The summed E-state index contributed by atoms with van der Waals surface area (Å²) in [5, 5.41) is 5.85. The lowest BCUT2D eigenvalue weighted by Crippen LogP contribution is -2.53. The van der Waals surface area contributed by atoms with E-state index in [4.69, 9.17) is 5.73 Å². The molecule has 0 aliphatic rings. The van der Waals surface area contributed by atoms with Crippen LogP contribution in [0.15, 0.2) is 84.9 Å². The van der Waals surface area contributed by atoms with E-state index < -0.39 is 23.4 Å². The highest BCUT2D eigenvalue weighted by molar-refractivity contribution is 5.88. The number of carbonyl (C=O) groups excluding carboxylic acids is 3. The van der Waals surface area contributed by atoms with E-state index in [2.05, 4.69) is 51.9 Å². The lowest BCUT2D eigenvalue weighted by Gasteiger charge is -2.27. The molecule has 3 aromatic carbocycles. The van der Waals surface area contributed by atoms with Gasteiger partial charge in [-0.05, 0) is 56.0 Å². The largest absolute Gasteiger partial charge is 0.369 e. The highest BCUT2D eigenvalue weighted by Crippen LogP contribution is 2.22. The third kappa shape index (κ3) is 10.2. The number of carbonyl (C=O) groups is 3. The molecule has 4 N–H and O–H groups in total. The first-order valence-electron chi connectivity index (χ1n) is 13.8. The Labute approximate surface area is 238 Å². The van der Waals surface area contributed by atoms with Crippen LogP contribution in [0.1, 0.15) is 57.2 Å². The quantitative estimate of drug-likeness (QED) is 0.290. The molecule has 3 aromatic rings. The van der Waals surface area contributed by atoms with Gasteiger partial charge >= 0.3 is 0 Å². The van der Waals surface area contributed by atoms with E-state index >= 15 is 0 Å². The zero-order valence-electron chi connectivity index (χ0n) is 24.0. The van der Waals surface area contributed by atoms with Crippen LogP contribution in [-0.4, -0.2) is 29.3 Å². The van der Waals surface area contributed by atoms with E-state index in [-0.39, 0.29) is 18.2 Å². The number of benzene rings is 3. The van der Waals surface area contributed by atoms with Crippen molar-refractivity contribution in [2.45, 2.75) is 71.6 Å². The van der Waals surface area contributed by atoms with Gasteiger partial charge in [0.2, 0.25) is 17.7 Å². The molecule has 3 amide bonds. The second-order valence-electron chi connectivity index (χ2n) is 11.4. The third-order valence-corrected chi connectivity index (χ3v) is 6.61. The van der Waals surface area contributed by atoms with Crippen molar-refractivity contribution in [3.8, 4) is 0 Å². The van der Waals surface area contributed by atoms with Crippen LogP contribution in [0.2, 0.25) is 0 Å². The monoisotopic (exact) mass is 542 g/mol. The first kappa shape index (κ1) is 30.4. The minimum Gasteiger partial charge on any atom is -0.369 e. The summed E-state index contributed by atoms with van der Waals surface area (Å²) in [5.41, 5.74) is 9.31. The van der Waals surface area contributed by atoms with E-state index in [0.29, 0.717) is 12.8 Å². The number of rotatable bonds is 13. The molecule has 0 aromatic heterocycles. The zero-order valence-corrected chi connectivity index (χ0v) is 24.0. The number of amides is 3. The summed E-state index contributed by atoms with van der Waals surface area (Å²) in [7, 11) is 0. The first-order valence-corrected chi connectivity index (χ1v) is 13.8. The predicted molar refractivity (Wildman–Crippen MR) is 160 cm³/mol. The van der Waals surface area contributed by atoms with Gasteiger partial charge < -0.3 is 21.3 Å². The number of hydrogen-bond acceptors (Lipinski definition) is 4. The van der Waals surface area contributed by atoms with Crippen molar-refractivity contribution in [1.29, 1.82) is 0 Å². The first-order chi connectivity index (χ1) is 19.0. The fraction of sp³-hybridized carbons (Fsp3) is 0.364. The van der Waals surface area contributed by atoms with E-state index in [0.717, 1.165) is 24.3 Å². The number of hydrogen-bond donors (Lipinski definition) is 3. The normalized spacial score (nSPS) is 12.7. The van der Waals surface area contributed by atoms with E-state index in [1.54, 1.807) is 6.92 Å². The molecule has 212 valence electrons. The molecule has 0 aliphatic carbocycles. The van der Waals surface area contributed by atoms with Crippen LogP contribution in [0.4, 0.5) is 5.69 Å². The van der Waals surface area contributed by atoms with Gasteiger partial charge in [0.25, 0.3) is 0 Å². The van der Waals surface area contributed by atoms with Gasteiger partial charge in [-0.2, -0.15) is 0 Å². The Morgan fingerprint density at radius 1 is 0.800 bits per heavy atom. The van der Waals surface area contributed by atoms with Gasteiger partial charge in [0, 0.05) is 43.1 Å². The number of anilines is 1. The second-order valence-corrected chi connectivity index (χ2v) is 11.4. The topological polar surface area (TPSA) is 105 Å². The molecule has 0 saturated heterocycles. The van der Waals surface area contributed by atoms with Crippen molar-refractivity contribution in [1.82, 2.24) is 10.6 Å². The molecule has 0 spiro atoms. The number of nitrogens with two attached hydrogens (primary N) is 1. The molecule has 3 rings (SSSR count). The minimum absolute atomic E-state index is 0.121. The summed E-state index contributed by atoms with van der Waals surface area (Å²) in [5.74, 6) is -1.38. The molecule has 0 fully saturated rings. The van der Waals surface area contributed by atoms with Crippen LogP contribution in [0.5, 0.6) is 0 Å². The third-order valence-electron chi connectivity index (χ3n) is 6.61. The Balaban J connectivity index is 1.76. The van der Waals surface area contributed by atoms with Crippen LogP contribution in [-0.2, 0) is 33.9 Å². The van der Waals surface area contributed by atoms with Crippen molar-refractivity contribution in [3.05, 3.63) is 102 Å². The van der Waals surface area contributed by atoms with Crippen molar-refractivity contribution in [2.24, 2.45) is 11.7 Å². The van der Waals surface area contributed by atoms with Gasteiger partial charge in [-0.15, -0.1) is 0 Å². The van der Waals surface area contributed by atoms with Crippen LogP contribution in [0, 0.1) is 5.92 Å². The molecule has 2 atom stereocenters. The van der Waals surface area contributed by atoms with Crippen molar-refractivity contribution in [2.75, 3.05) is 4.90 Å². The van der Waals surface area contributed by atoms with E-state index in [1.807, 2.05) is 69.3 Å². The van der Waals surface area contributed by atoms with Crippen LogP contribution in [0.25, 0.3) is 0 Å². The van der Waals surface area contributed by atoms with Crippen molar-refractivity contribution in [3.63, 3.8) is 0 Å². The molecule has 0 saturated carbocycles. The molecule has 0 heterocycles. The molecule has 0 bridgehead atoms. The molecular weight excluding hydrogens is 500 g/mol. The molecule has 7 nitrogen and oxygen atoms in total. The highest BCUT2D eigenvalue weighted by Gasteiger charge is 2.25. The molecule has 0 aliphatic heterocycles. The summed E-state index contributed by atoms with van der Waals surface area (Å²) in [4.78, 5) is 39.5. The zero-order chi connectivity index (χ0) is 29.1. The smallest absolute Gasteiger partial charge is 0.243 e. The fourth-order valence-corrected chi connectivity index (χ4v) is 4.35. The minimum atomic E-state index is -0.744. The highest BCUT2D eigenvalue weighted by atomic mass is 16.2. The lowest BCUT2D eigenvalue weighted by molar-refractivity contribution is -0.130. The molecule has 7 heteroatoms. The predicted octanol–water partition coefficient (Wildman–Crippen LogP) is 4.74. The van der Waals surface area contributed by atoms with Gasteiger partial charge in [0.05, 0.1) is 0 Å². The summed E-state index contributed by atoms with van der Waals surface area (Å²) in [6.45, 7) is 8.92. The average Bonchev–Trinajstić information content (AvgIpc) is 2.91. The van der Waals surface area contributed by atoms with Gasteiger partial charge in [-0.1, -0.05) is 79.7 Å². The molecular formula is C33H42N4O3. The average molecular weight is 543 g/mol. The van der Waals surface area contributed by atoms with E-state index in [9.17, 15) is 14.4 Å². The number of nitrogens with one attached hydrogen (secondary N) is 2. The van der Waals surface area contributed by atoms with Gasteiger partial charge in [0.1, 0.15) is 6.04 Å². The lowest BCUT2D eigenvalue weighted by atomic mass is 10.0. The molecule has 2 unspecified atom stereocenters. The Hall–Kier alpha value is -4.13. The summed E-state index contributed by atoms with van der Waals surface area (Å²) >= 11 is 0. The maximum absolute atomic E-state index is 13.1. The van der Waals surface area contributed by atoms with E-state index in [1.165, 1.54) is 11.1 Å².